The molecular weight excluding hydrogens is 384 g/mol. The molecule has 0 aliphatic heterocycles. The van der Waals surface area contributed by atoms with Crippen molar-refractivity contribution in [2.75, 3.05) is 14.2 Å². The van der Waals surface area contributed by atoms with E-state index in [1.165, 1.54) is 35.9 Å². The van der Waals surface area contributed by atoms with Crippen LogP contribution in [0.2, 0.25) is 0 Å². The SMILES string of the molecule is COc1ccc(S(=O)(=O)N(Cc2cccs2)Cc2cccn2C)cc1OC. The number of nitrogens with zero attached hydrogens (tertiary/aromatic N) is 2. The average Bonchev–Trinajstić information content (AvgIpc) is 3.32. The number of methoxy groups -OCH3 is 2. The topological polar surface area (TPSA) is 60.8 Å². The molecule has 2 aromatic heterocycles. The Hall–Kier alpha value is -2.29. The molecule has 6 nitrogen and oxygen atoms in total. The summed E-state index contributed by atoms with van der Waals surface area (Å²) in [6.07, 6.45) is 1.90. The van der Waals surface area contributed by atoms with Gasteiger partial charge < -0.3 is 14.0 Å². The lowest BCUT2D eigenvalue weighted by Gasteiger charge is -2.22. The number of aryl methyl sites for hydroxylation is 1. The fourth-order valence-electron chi connectivity index (χ4n) is 2.77. The van der Waals surface area contributed by atoms with Crippen LogP contribution in [0.15, 0.2) is 58.9 Å². The summed E-state index contributed by atoms with van der Waals surface area (Å²) in [5.41, 5.74) is 0.913. The fourth-order valence-corrected chi connectivity index (χ4v) is 4.98. The van der Waals surface area contributed by atoms with E-state index in [0.29, 0.717) is 18.0 Å². The smallest absolute Gasteiger partial charge is 0.243 e. The van der Waals surface area contributed by atoms with Gasteiger partial charge in [0, 0.05) is 36.4 Å². The van der Waals surface area contributed by atoms with E-state index in [2.05, 4.69) is 0 Å². The molecule has 2 heterocycles. The number of benzene rings is 1. The minimum absolute atomic E-state index is 0.172. The van der Waals surface area contributed by atoms with Gasteiger partial charge in [-0.05, 0) is 35.7 Å². The number of aromatic nitrogens is 1. The van der Waals surface area contributed by atoms with Gasteiger partial charge in [0.05, 0.1) is 25.7 Å². The molecule has 0 atom stereocenters. The lowest BCUT2D eigenvalue weighted by Crippen LogP contribution is -2.30. The molecule has 3 aromatic rings. The van der Waals surface area contributed by atoms with Crippen LogP contribution in [-0.2, 0) is 30.2 Å². The van der Waals surface area contributed by atoms with E-state index in [1.54, 1.807) is 12.1 Å². The zero-order chi connectivity index (χ0) is 19.4. The predicted octanol–water partition coefficient (Wildman–Crippen LogP) is 3.49. The van der Waals surface area contributed by atoms with Gasteiger partial charge in [-0.15, -0.1) is 11.3 Å². The number of ether oxygens (including phenoxy) is 2. The van der Waals surface area contributed by atoms with E-state index in [1.807, 2.05) is 47.5 Å². The average molecular weight is 407 g/mol. The largest absolute Gasteiger partial charge is 0.493 e. The number of hydrogen-bond acceptors (Lipinski definition) is 5. The van der Waals surface area contributed by atoms with Gasteiger partial charge in [0.15, 0.2) is 11.5 Å². The molecule has 0 bridgehead atoms. The second-order valence-electron chi connectivity index (χ2n) is 5.98. The van der Waals surface area contributed by atoms with Crippen molar-refractivity contribution in [3.05, 3.63) is 64.6 Å². The first kappa shape index (κ1) is 19.5. The number of thiophene rings is 1. The van der Waals surface area contributed by atoms with Crippen molar-refractivity contribution < 1.29 is 17.9 Å². The number of rotatable bonds is 8. The lowest BCUT2D eigenvalue weighted by molar-refractivity contribution is 0.353. The van der Waals surface area contributed by atoms with Crippen LogP contribution >= 0.6 is 11.3 Å². The van der Waals surface area contributed by atoms with Gasteiger partial charge >= 0.3 is 0 Å². The third-order valence-electron chi connectivity index (χ3n) is 4.29. The Balaban J connectivity index is 2.00. The Kier molecular flexibility index (Phi) is 5.88. The van der Waals surface area contributed by atoms with E-state index in [4.69, 9.17) is 9.47 Å². The molecule has 1 aromatic carbocycles. The van der Waals surface area contributed by atoms with Crippen molar-refractivity contribution in [2.24, 2.45) is 7.05 Å². The van der Waals surface area contributed by atoms with E-state index in [-0.39, 0.29) is 11.4 Å². The third-order valence-corrected chi connectivity index (χ3v) is 6.94. The molecule has 0 fully saturated rings. The van der Waals surface area contributed by atoms with Gasteiger partial charge in [-0.3, -0.25) is 0 Å². The van der Waals surface area contributed by atoms with Crippen LogP contribution in [0.1, 0.15) is 10.6 Å². The van der Waals surface area contributed by atoms with Crippen molar-refractivity contribution in [3.8, 4) is 11.5 Å². The first-order chi connectivity index (χ1) is 13.0. The Labute approximate surface area is 163 Å². The summed E-state index contributed by atoms with van der Waals surface area (Å²) in [6.45, 7) is 0.581. The number of sulfonamides is 1. The maximum absolute atomic E-state index is 13.4. The Morgan fingerprint density at radius 2 is 1.81 bits per heavy atom. The summed E-state index contributed by atoms with van der Waals surface area (Å²) in [4.78, 5) is 1.15. The highest BCUT2D eigenvalue weighted by Gasteiger charge is 2.27. The molecule has 0 amide bonds. The summed E-state index contributed by atoms with van der Waals surface area (Å²) in [5, 5.41) is 1.94. The third kappa shape index (κ3) is 4.18. The standard InChI is InChI=1S/C19H22N2O4S2/c1-20-10-4-6-15(20)13-21(14-16-7-5-11-26-16)27(22,23)17-8-9-18(24-2)19(12-17)25-3/h4-12H,13-14H2,1-3H3. The molecule has 144 valence electrons. The zero-order valence-corrected chi connectivity index (χ0v) is 17.1. The van der Waals surface area contributed by atoms with Gasteiger partial charge in [-0.2, -0.15) is 4.31 Å². The predicted molar refractivity (Wildman–Crippen MR) is 106 cm³/mol. The van der Waals surface area contributed by atoms with Crippen LogP contribution in [0.4, 0.5) is 0 Å². The quantitative estimate of drug-likeness (QED) is 0.575. The maximum atomic E-state index is 13.4. The number of hydrogen-bond donors (Lipinski definition) is 0. The van der Waals surface area contributed by atoms with E-state index >= 15 is 0 Å². The van der Waals surface area contributed by atoms with Crippen molar-refractivity contribution in [1.82, 2.24) is 8.87 Å². The van der Waals surface area contributed by atoms with Crippen molar-refractivity contribution in [3.63, 3.8) is 0 Å². The van der Waals surface area contributed by atoms with Crippen LogP contribution in [0.5, 0.6) is 11.5 Å². The highest BCUT2D eigenvalue weighted by Crippen LogP contribution is 2.31. The molecule has 8 heteroatoms. The molecule has 0 saturated carbocycles. The summed E-state index contributed by atoms with van der Waals surface area (Å²) in [7, 11) is 1.17. The van der Waals surface area contributed by atoms with Gasteiger partial charge in [0.1, 0.15) is 0 Å². The minimum atomic E-state index is -3.74. The molecular formula is C19H22N2O4S2. The fraction of sp³-hybridized carbons (Fsp3) is 0.263. The first-order valence-electron chi connectivity index (χ1n) is 8.30. The zero-order valence-electron chi connectivity index (χ0n) is 15.5. The van der Waals surface area contributed by atoms with E-state index in [9.17, 15) is 8.42 Å². The Morgan fingerprint density at radius 3 is 2.41 bits per heavy atom. The summed E-state index contributed by atoms with van der Waals surface area (Å²) in [6, 6.07) is 12.3. The van der Waals surface area contributed by atoms with Crippen LogP contribution < -0.4 is 9.47 Å². The highest BCUT2D eigenvalue weighted by molar-refractivity contribution is 7.89. The molecule has 0 spiro atoms. The molecule has 0 aliphatic rings. The van der Waals surface area contributed by atoms with E-state index in [0.717, 1.165) is 10.6 Å². The van der Waals surface area contributed by atoms with Crippen LogP contribution in [-0.4, -0.2) is 31.5 Å². The molecule has 0 unspecified atom stereocenters. The molecule has 0 saturated heterocycles. The lowest BCUT2D eigenvalue weighted by atomic mass is 10.3. The Morgan fingerprint density at radius 1 is 1.04 bits per heavy atom. The monoisotopic (exact) mass is 406 g/mol. The van der Waals surface area contributed by atoms with Crippen LogP contribution in [0.25, 0.3) is 0 Å². The van der Waals surface area contributed by atoms with Crippen molar-refractivity contribution >= 4 is 21.4 Å². The summed E-state index contributed by atoms with van der Waals surface area (Å²) < 4.78 is 40.7. The molecule has 0 radical (unpaired) electrons. The maximum Gasteiger partial charge on any atom is 0.243 e. The second-order valence-corrected chi connectivity index (χ2v) is 8.95. The van der Waals surface area contributed by atoms with Gasteiger partial charge in [-0.1, -0.05) is 6.07 Å². The minimum Gasteiger partial charge on any atom is -0.493 e. The van der Waals surface area contributed by atoms with Gasteiger partial charge in [0.2, 0.25) is 10.0 Å². The van der Waals surface area contributed by atoms with Gasteiger partial charge in [-0.25, -0.2) is 8.42 Å². The highest BCUT2D eigenvalue weighted by atomic mass is 32.2. The summed E-state index contributed by atoms with van der Waals surface area (Å²) in [5.74, 6) is 0.872. The normalized spacial score (nSPS) is 11.7. The molecule has 0 N–H and O–H groups in total. The molecule has 27 heavy (non-hydrogen) atoms. The molecule has 3 rings (SSSR count). The second kappa shape index (κ2) is 8.16. The molecule has 0 aliphatic carbocycles. The van der Waals surface area contributed by atoms with E-state index < -0.39 is 10.0 Å². The van der Waals surface area contributed by atoms with Crippen LogP contribution in [0, 0.1) is 0 Å². The first-order valence-corrected chi connectivity index (χ1v) is 10.6. The van der Waals surface area contributed by atoms with Crippen molar-refractivity contribution in [1.29, 1.82) is 0 Å². The van der Waals surface area contributed by atoms with Crippen molar-refractivity contribution in [2.45, 2.75) is 18.0 Å². The summed E-state index contributed by atoms with van der Waals surface area (Å²) >= 11 is 1.54. The Bertz CT molecular complexity index is 995. The van der Waals surface area contributed by atoms with Gasteiger partial charge in [0.25, 0.3) is 0 Å². The van der Waals surface area contributed by atoms with Crippen LogP contribution in [0.3, 0.4) is 0 Å².